The third-order valence-corrected chi connectivity index (χ3v) is 4.01. The van der Waals surface area contributed by atoms with E-state index in [1.54, 1.807) is 13.2 Å². The average molecular weight is 285 g/mol. The van der Waals surface area contributed by atoms with Gasteiger partial charge < -0.3 is 20.3 Å². The molecule has 0 spiro atoms. The summed E-state index contributed by atoms with van der Waals surface area (Å²) in [4.78, 5) is 0. The number of aliphatic hydroxyl groups is 1. The third-order valence-electron chi connectivity index (χ3n) is 4.01. The average Bonchev–Trinajstić information content (AvgIpc) is 2.81. The van der Waals surface area contributed by atoms with Gasteiger partial charge >= 0.3 is 0 Å². The van der Waals surface area contributed by atoms with Gasteiger partial charge in [0.1, 0.15) is 11.5 Å². The van der Waals surface area contributed by atoms with E-state index in [1.165, 1.54) is 5.56 Å². The first-order valence-electron chi connectivity index (χ1n) is 7.04. The standard InChI is InChI=1S/C17H19NO3/c1-21-13-7-6-12(15(19)9-13)10-18-17-14-5-3-2-4-11(14)8-16(17)20/h2-7,9,16-20H,8,10H2,1H3/t16-,17+/m0/s1. The predicted octanol–water partition coefficient (Wildman–Crippen LogP) is 2.15. The molecule has 0 unspecified atom stereocenters. The van der Waals surface area contributed by atoms with Gasteiger partial charge in [0, 0.05) is 24.6 Å². The van der Waals surface area contributed by atoms with E-state index < -0.39 is 6.10 Å². The number of nitrogens with one attached hydrogen (secondary N) is 1. The molecule has 4 heteroatoms. The second-order valence-electron chi connectivity index (χ2n) is 5.32. The maximum Gasteiger partial charge on any atom is 0.123 e. The highest BCUT2D eigenvalue weighted by Gasteiger charge is 2.30. The van der Waals surface area contributed by atoms with Crippen LogP contribution in [0.5, 0.6) is 11.5 Å². The summed E-state index contributed by atoms with van der Waals surface area (Å²) in [6, 6.07) is 13.2. The summed E-state index contributed by atoms with van der Waals surface area (Å²) < 4.78 is 5.07. The Labute approximate surface area is 124 Å². The molecule has 0 fully saturated rings. The number of methoxy groups -OCH3 is 1. The van der Waals surface area contributed by atoms with Gasteiger partial charge in [0.25, 0.3) is 0 Å². The molecule has 1 aliphatic carbocycles. The first-order valence-corrected chi connectivity index (χ1v) is 7.04. The van der Waals surface area contributed by atoms with Crippen LogP contribution in [0.4, 0.5) is 0 Å². The number of aromatic hydroxyl groups is 1. The van der Waals surface area contributed by atoms with Gasteiger partial charge in [-0.15, -0.1) is 0 Å². The van der Waals surface area contributed by atoms with Crippen molar-refractivity contribution in [3.8, 4) is 11.5 Å². The van der Waals surface area contributed by atoms with Crippen molar-refractivity contribution >= 4 is 0 Å². The van der Waals surface area contributed by atoms with Gasteiger partial charge in [-0.2, -0.15) is 0 Å². The van der Waals surface area contributed by atoms with Crippen LogP contribution in [-0.2, 0) is 13.0 Å². The number of rotatable bonds is 4. The van der Waals surface area contributed by atoms with Gasteiger partial charge in [-0.3, -0.25) is 0 Å². The van der Waals surface area contributed by atoms with Crippen molar-refractivity contribution in [2.75, 3.05) is 7.11 Å². The molecular weight excluding hydrogens is 266 g/mol. The molecule has 0 heterocycles. The van der Waals surface area contributed by atoms with Crippen LogP contribution in [-0.4, -0.2) is 23.4 Å². The highest BCUT2D eigenvalue weighted by atomic mass is 16.5. The molecule has 4 nitrogen and oxygen atoms in total. The Hall–Kier alpha value is -2.04. The van der Waals surface area contributed by atoms with Crippen molar-refractivity contribution in [3.05, 3.63) is 59.2 Å². The molecule has 2 atom stereocenters. The number of phenolic OH excluding ortho intramolecular Hbond substituents is 1. The maximum absolute atomic E-state index is 10.2. The smallest absolute Gasteiger partial charge is 0.123 e. The monoisotopic (exact) mass is 285 g/mol. The Morgan fingerprint density at radius 2 is 2.05 bits per heavy atom. The van der Waals surface area contributed by atoms with E-state index in [2.05, 4.69) is 5.32 Å². The van der Waals surface area contributed by atoms with Gasteiger partial charge in [0.2, 0.25) is 0 Å². The van der Waals surface area contributed by atoms with Crippen LogP contribution in [0, 0.1) is 0 Å². The number of hydrogen-bond acceptors (Lipinski definition) is 4. The maximum atomic E-state index is 10.2. The van der Waals surface area contributed by atoms with Crippen molar-refractivity contribution in [3.63, 3.8) is 0 Å². The number of hydrogen-bond donors (Lipinski definition) is 3. The van der Waals surface area contributed by atoms with Crippen LogP contribution in [0.1, 0.15) is 22.7 Å². The summed E-state index contributed by atoms with van der Waals surface area (Å²) in [5, 5.41) is 23.5. The highest BCUT2D eigenvalue weighted by molar-refractivity contribution is 5.40. The molecule has 3 N–H and O–H groups in total. The number of aliphatic hydroxyl groups excluding tert-OH is 1. The summed E-state index contributed by atoms with van der Waals surface area (Å²) >= 11 is 0. The van der Waals surface area contributed by atoms with Crippen LogP contribution in [0.2, 0.25) is 0 Å². The summed E-state index contributed by atoms with van der Waals surface area (Å²) in [5.74, 6) is 0.824. The summed E-state index contributed by atoms with van der Waals surface area (Å²) in [5.41, 5.74) is 3.10. The van der Waals surface area contributed by atoms with E-state index in [4.69, 9.17) is 4.74 Å². The Balaban J connectivity index is 1.73. The van der Waals surface area contributed by atoms with E-state index in [0.29, 0.717) is 18.7 Å². The lowest BCUT2D eigenvalue weighted by Gasteiger charge is -2.18. The van der Waals surface area contributed by atoms with Crippen LogP contribution in [0.3, 0.4) is 0 Å². The third kappa shape index (κ3) is 2.73. The molecule has 0 radical (unpaired) electrons. The summed E-state index contributed by atoms with van der Waals surface area (Å²) in [6.45, 7) is 0.492. The highest BCUT2D eigenvalue weighted by Crippen LogP contribution is 2.32. The summed E-state index contributed by atoms with van der Waals surface area (Å²) in [6.07, 6.45) is 0.241. The predicted molar refractivity (Wildman–Crippen MR) is 80.4 cm³/mol. The van der Waals surface area contributed by atoms with Crippen molar-refractivity contribution in [1.82, 2.24) is 5.32 Å². The van der Waals surface area contributed by atoms with Gasteiger partial charge in [-0.1, -0.05) is 30.3 Å². The first kappa shape index (κ1) is 13.9. The minimum Gasteiger partial charge on any atom is -0.507 e. The van der Waals surface area contributed by atoms with Gasteiger partial charge in [0.15, 0.2) is 0 Å². The Bertz CT molecular complexity index is 642. The zero-order valence-corrected chi connectivity index (χ0v) is 11.9. The molecule has 0 saturated heterocycles. The topological polar surface area (TPSA) is 61.7 Å². The lowest BCUT2D eigenvalue weighted by molar-refractivity contribution is 0.140. The first-order chi connectivity index (χ1) is 10.2. The Morgan fingerprint density at radius 3 is 2.81 bits per heavy atom. The number of fused-ring (bicyclic) bond motifs is 1. The van der Waals surface area contributed by atoms with Gasteiger partial charge in [0.05, 0.1) is 19.3 Å². The molecule has 2 aromatic rings. The fourth-order valence-corrected chi connectivity index (χ4v) is 2.86. The number of benzene rings is 2. The van der Waals surface area contributed by atoms with Crippen LogP contribution >= 0.6 is 0 Å². The van der Waals surface area contributed by atoms with E-state index in [1.807, 2.05) is 36.4 Å². The minimum absolute atomic E-state index is 0.0947. The number of phenols is 1. The van der Waals surface area contributed by atoms with Gasteiger partial charge in [-0.05, 0) is 17.2 Å². The van der Waals surface area contributed by atoms with Crippen molar-refractivity contribution in [2.24, 2.45) is 0 Å². The quantitative estimate of drug-likeness (QED) is 0.805. The molecule has 3 rings (SSSR count). The van der Waals surface area contributed by atoms with Crippen LogP contribution < -0.4 is 10.1 Å². The van der Waals surface area contributed by atoms with Crippen molar-refractivity contribution in [1.29, 1.82) is 0 Å². The molecule has 0 aromatic heterocycles. The van der Waals surface area contributed by atoms with Crippen molar-refractivity contribution < 1.29 is 14.9 Å². The lowest BCUT2D eigenvalue weighted by atomic mass is 10.1. The zero-order chi connectivity index (χ0) is 14.8. The largest absolute Gasteiger partial charge is 0.507 e. The SMILES string of the molecule is COc1ccc(CN[C@@H]2c3ccccc3C[C@@H]2O)c(O)c1. The Morgan fingerprint density at radius 1 is 1.24 bits per heavy atom. The van der Waals surface area contributed by atoms with Gasteiger partial charge in [-0.25, -0.2) is 0 Å². The second kappa shape index (κ2) is 5.76. The fraction of sp³-hybridized carbons (Fsp3) is 0.294. The molecule has 0 saturated carbocycles. The van der Waals surface area contributed by atoms with Crippen molar-refractivity contribution in [2.45, 2.75) is 25.1 Å². The normalized spacial score (nSPS) is 20.3. The molecule has 0 bridgehead atoms. The van der Waals surface area contributed by atoms with Crippen LogP contribution in [0.15, 0.2) is 42.5 Å². The number of ether oxygens (including phenoxy) is 1. The summed E-state index contributed by atoms with van der Waals surface area (Å²) in [7, 11) is 1.57. The fourth-order valence-electron chi connectivity index (χ4n) is 2.86. The van der Waals surface area contributed by atoms with E-state index in [-0.39, 0.29) is 11.8 Å². The van der Waals surface area contributed by atoms with E-state index >= 15 is 0 Å². The second-order valence-corrected chi connectivity index (χ2v) is 5.32. The molecular formula is C17H19NO3. The molecule has 110 valence electrons. The Kier molecular flexibility index (Phi) is 3.82. The van der Waals surface area contributed by atoms with E-state index in [0.717, 1.165) is 11.1 Å². The molecule has 0 aliphatic heterocycles. The molecule has 0 amide bonds. The molecule has 1 aliphatic rings. The van der Waals surface area contributed by atoms with E-state index in [9.17, 15) is 10.2 Å². The van der Waals surface area contributed by atoms with Crippen LogP contribution in [0.25, 0.3) is 0 Å². The molecule has 21 heavy (non-hydrogen) atoms. The molecule has 2 aromatic carbocycles. The minimum atomic E-state index is -0.428. The lowest BCUT2D eigenvalue weighted by Crippen LogP contribution is -2.28. The zero-order valence-electron chi connectivity index (χ0n) is 11.9.